The molecular weight excluding hydrogens is 204 g/mol. The van der Waals surface area contributed by atoms with Gasteiger partial charge in [0.2, 0.25) is 0 Å². The first-order valence-electron chi connectivity index (χ1n) is 5.64. The Bertz CT molecular complexity index is 355. The van der Waals surface area contributed by atoms with Crippen LogP contribution in [0.2, 0.25) is 0 Å². The number of para-hydroxylation sites is 1. The van der Waals surface area contributed by atoms with E-state index in [9.17, 15) is 4.79 Å². The second-order valence-electron chi connectivity index (χ2n) is 4.35. The van der Waals surface area contributed by atoms with Crippen LogP contribution in [0.25, 0.3) is 0 Å². The molecule has 0 unspecified atom stereocenters. The maximum Gasteiger partial charge on any atom is 0.309 e. The van der Waals surface area contributed by atoms with E-state index in [1.54, 1.807) is 0 Å². The Labute approximate surface area is 95.0 Å². The summed E-state index contributed by atoms with van der Waals surface area (Å²) in [5, 5.41) is 9.13. The number of carboxylic acid groups (broad SMARTS) is 1. The largest absolute Gasteiger partial charge is 0.494 e. The van der Waals surface area contributed by atoms with Gasteiger partial charge in [-0.25, -0.2) is 0 Å². The fourth-order valence-electron chi connectivity index (χ4n) is 2.06. The summed E-state index contributed by atoms with van der Waals surface area (Å²) in [6, 6.07) is 9.51. The molecule has 1 aliphatic rings. The molecule has 1 aromatic rings. The Hall–Kier alpha value is -1.51. The number of rotatable bonds is 5. The van der Waals surface area contributed by atoms with Gasteiger partial charge in [0.25, 0.3) is 0 Å². The first kappa shape index (κ1) is 11.0. The van der Waals surface area contributed by atoms with Gasteiger partial charge in [-0.15, -0.1) is 0 Å². The summed E-state index contributed by atoms with van der Waals surface area (Å²) in [7, 11) is 0. The standard InChI is InChI=1S/C13H16O3/c14-12(15)13(7-4-8-13)9-10-16-11-5-2-1-3-6-11/h1-3,5-6H,4,7-10H2,(H,14,15). The van der Waals surface area contributed by atoms with Crippen molar-refractivity contribution in [3.8, 4) is 5.75 Å². The maximum atomic E-state index is 11.1. The molecule has 0 spiro atoms. The van der Waals surface area contributed by atoms with Gasteiger partial charge in [-0.05, 0) is 31.4 Å². The van der Waals surface area contributed by atoms with Crippen molar-refractivity contribution in [2.75, 3.05) is 6.61 Å². The van der Waals surface area contributed by atoms with Crippen molar-refractivity contribution in [1.82, 2.24) is 0 Å². The molecule has 0 radical (unpaired) electrons. The highest BCUT2D eigenvalue weighted by Gasteiger charge is 2.43. The van der Waals surface area contributed by atoms with Gasteiger partial charge in [0, 0.05) is 0 Å². The van der Waals surface area contributed by atoms with Crippen molar-refractivity contribution in [2.45, 2.75) is 25.7 Å². The molecular formula is C13H16O3. The van der Waals surface area contributed by atoms with Crippen LogP contribution in [0, 0.1) is 5.41 Å². The molecule has 16 heavy (non-hydrogen) atoms. The molecule has 1 saturated carbocycles. The summed E-state index contributed by atoms with van der Waals surface area (Å²) >= 11 is 0. The second-order valence-corrected chi connectivity index (χ2v) is 4.35. The minimum absolute atomic E-state index is 0.482. The molecule has 2 rings (SSSR count). The fraction of sp³-hybridized carbons (Fsp3) is 0.462. The summed E-state index contributed by atoms with van der Waals surface area (Å²) < 4.78 is 5.52. The molecule has 3 heteroatoms. The van der Waals surface area contributed by atoms with Gasteiger partial charge < -0.3 is 9.84 Å². The molecule has 1 fully saturated rings. The van der Waals surface area contributed by atoms with Crippen molar-refractivity contribution in [3.63, 3.8) is 0 Å². The van der Waals surface area contributed by atoms with Crippen LogP contribution in [-0.4, -0.2) is 17.7 Å². The van der Waals surface area contributed by atoms with E-state index in [2.05, 4.69) is 0 Å². The van der Waals surface area contributed by atoms with E-state index < -0.39 is 11.4 Å². The minimum atomic E-state index is -0.671. The number of hydrogen-bond acceptors (Lipinski definition) is 2. The van der Waals surface area contributed by atoms with E-state index in [-0.39, 0.29) is 0 Å². The quantitative estimate of drug-likeness (QED) is 0.829. The van der Waals surface area contributed by atoms with Crippen LogP contribution in [0.4, 0.5) is 0 Å². The Kier molecular flexibility index (Phi) is 3.13. The van der Waals surface area contributed by atoms with E-state index in [0.717, 1.165) is 25.0 Å². The van der Waals surface area contributed by atoms with E-state index in [4.69, 9.17) is 9.84 Å². The third-order valence-electron chi connectivity index (χ3n) is 3.36. The normalized spacial score (nSPS) is 17.5. The topological polar surface area (TPSA) is 46.5 Å². The van der Waals surface area contributed by atoms with Crippen molar-refractivity contribution in [1.29, 1.82) is 0 Å². The molecule has 0 saturated heterocycles. The Morgan fingerprint density at radius 1 is 1.31 bits per heavy atom. The molecule has 0 aliphatic heterocycles. The Balaban J connectivity index is 1.82. The molecule has 86 valence electrons. The van der Waals surface area contributed by atoms with E-state index in [1.807, 2.05) is 30.3 Å². The molecule has 1 N–H and O–H groups in total. The van der Waals surface area contributed by atoms with Gasteiger partial charge in [0.1, 0.15) is 5.75 Å². The van der Waals surface area contributed by atoms with E-state index in [1.165, 1.54) is 0 Å². The zero-order valence-corrected chi connectivity index (χ0v) is 9.19. The number of benzene rings is 1. The van der Waals surface area contributed by atoms with Crippen molar-refractivity contribution >= 4 is 5.97 Å². The first-order chi connectivity index (χ1) is 7.73. The predicted molar refractivity (Wildman–Crippen MR) is 60.5 cm³/mol. The maximum absolute atomic E-state index is 11.1. The van der Waals surface area contributed by atoms with E-state index >= 15 is 0 Å². The third kappa shape index (κ3) is 2.18. The monoisotopic (exact) mass is 220 g/mol. The molecule has 0 atom stereocenters. The number of aliphatic carboxylic acids is 1. The van der Waals surface area contributed by atoms with Crippen LogP contribution in [-0.2, 0) is 4.79 Å². The first-order valence-corrected chi connectivity index (χ1v) is 5.64. The van der Waals surface area contributed by atoms with Gasteiger partial charge in [-0.3, -0.25) is 4.79 Å². The van der Waals surface area contributed by atoms with Gasteiger partial charge in [-0.1, -0.05) is 24.6 Å². The van der Waals surface area contributed by atoms with Crippen LogP contribution in [0.3, 0.4) is 0 Å². The summed E-state index contributed by atoms with van der Waals surface area (Å²) in [4.78, 5) is 11.1. The second kappa shape index (κ2) is 4.56. The van der Waals surface area contributed by atoms with Gasteiger partial charge >= 0.3 is 5.97 Å². The Morgan fingerprint density at radius 2 is 2.00 bits per heavy atom. The minimum Gasteiger partial charge on any atom is -0.494 e. The van der Waals surface area contributed by atoms with Gasteiger partial charge in [0.05, 0.1) is 12.0 Å². The molecule has 0 heterocycles. The van der Waals surface area contributed by atoms with Crippen LogP contribution >= 0.6 is 0 Å². The van der Waals surface area contributed by atoms with Crippen molar-refractivity contribution in [3.05, 3.63) is 30.3 Å². The SMILES string of the molecule is O=C(O)C1(CCOc2ccccc2)CCC1. The number of ether oxygens (including phenoxy) is 1. The van der Waals surface area contributed by atoms with Crippen molar-refractivity contribution in [2.24, 2.45) is 5.41 Å². The average Bonchev–Trinajstić information content (AvgIpc) is 2.23. The summed E-state index contributed by atoms with van der Waals surface area (Å²) in [6.45, 7) is 0.482. The fourth-order valence-corrected chi connectivity index (χ4v) is 2.06. The molecule has 3 nitrogen and oxygen atoms in total. The summed E-state index contributed by atoms with van der Waals surface area (Å²) in [6.07, 6.45) is 3.22. The van der Waals surface area contributed by atoms with E-state index in [0.29, 0.717) is 13.0 Å². The lowest BCUT2D eigenvalue weighted by atomic mass is 9.67. The molecule has 0 bridgehead atoms. The van der Waals surface area contributed by atoms with Gasteiger partial charge in [0.15, 0.2) is 0 Å². The average molecular weight is 220 g/mol. The number of carboxylic acids is 1. The summed E-state index contributed by atoms with van der Waals surface area (Å²) in [5.74, 6) is 0.137. The lowest BCUT2D eigenvalue weighted by molar-refractivity contribution is -0.155. The molecule has 0 aromatic heterocycles. The smallest absolute Gasteiger partial charge is 0.309 e. The highest BCUT2D eigenvalue weighted by atomic mass is 16.5. The zero-order chi connectivity index (χ0) is 11.4. The lowest BCUT2D eigenvalue weighted by Crippen LogP contribution is -2.39. The van der Waals surface area contributed by atoms with Crippen LogP contribution in [0.1, 0.15) is 25.7 Å². The Morgan fingerprint density at radius 3 is 2.50 bits per heavy atom. The van der Waals surface area contributed by atoms with Crippen molar-refractivity contribution < 1.29 is 14.6 Å². The molecule has 0 amide bonds. The lowest BCUT2D eigenvalue weighted by Gasteiger charge is -2.37. The third-order valence-corrected chi connectivity index (χ3v) is 3.36. The summed E-state index contributed by atoms with van der Waals surface area (Å²) in [5.41, 5.74) is -0.505. The zero-order valence-electron chi connectivity index (χ0n) is 9.19. The highest BCUT2D eigenvalue weighted by molar-refractivity contribution is 5.75. The van der Waals surface area contributed by atoms with Gasteiger partial charge in [-0.2, -0.15) is 0 Å². The van der Waals surface area contributed by atoms with Crippen LogP contribution in [0.5, 0.6) is 5.75 Å². The number of hydrogen-bond donors (Lipinski definition) is 1. The predicted octanol–water partition coefficient (Wildman–Crippen LogP) is 2.71. The molecule has 1 aromatic carbocycles. The van der Waals surface area contributed by atoms with Crippen LogP contribution in [0.15, 0.2) is 30.3 Å². The molecule has 1 aliphatic carbocycles. The number of carbonyl (C=O) groups is 1. The highest BCUT2D eigenvalue weighted by Crippen LogP contribution is 2.44. The van der Waals surface area contributed by atoms with Crippen LogP contribution < -0.4 is 4.74 Å².